The lowest BCUT2D eigenvalue weighted by Gasteiger charge is -2.29. The molecule has 2 aliphatic rings. The number of nitrogens with one attached hydrogen (secondary N) is 3. The predicted molar refractivity (Wildman–Crippen MR) is 136 cm³/mol. The molecule has 5 rings (SSSR count). The summed E-state index contributed by atoms with van der Waals surface area (Å²) < 4.78 is 0. The molecule has 2 aliphatic heterocycles. The van der Waals surface area contributed by atoms with Crippen LogP contribution in [0.25, 0.3) is 11.1 Å². The maximum Gasteiger partial charge on any atom is 0.261 e. The van der Waals surface area contributed by atoms with E-state index in [1.54, 1.807) is 6.92 Å². The summed E-state index contributed by atoms with van der Waals surface area (Å²) in [4.78, 5) is 39.5. The topological polar surface area (TPSA) is 90.5 Å². The van der Waals surface area contributed by atoms with Crippen molar-refractivity contribution < 1.29 is 14.4 Å². The number of carbonyl (C=O) groups excluding carboxylic acids is 3. The summed E-state index contributed by atoms with van der Waals surface area (Å²) in [6.45, 7) is 3.46. The highest BCUT2D eigenvalue weighted by Crippen LogP contribution is 2.40. The molecule has 0 saturated carbocycles. The Morgan fingerprint density at radius 3 is 2.49 bits per heavy atom. The third-order valence-electron chi connectivity index (χ3n) is 6.79. The summed E-state index contributed by atoms with van der Waals surface area (Å²) in [7, 11) is 0. The van der Waals surface area contributed by atoms with Crippen LogP contribution in [0, 0.1) is 0 Å². The fourth-order valence-electron chi connectivity index (χ4n) is 4.80. The smallest absolute Gasteiger partial charge is 0.261 e. The molecule has 3 aromatic rings. The second-order valence-electron chi connectivity index (χ2n) is 9.10. The zero-order valence-corrected chi connectivity index (χ0v) is 19.7. The van der Waals surface area contributed by atoms with Crippen molar-refractivity contribution in [2.75, 3.05) is 10.3 Å². The summed E-state index contributed by atoms with van der Waals surface area (Å²) in [5, 5.41) is 7.38. The summed E-state index contributed by atoms with van der Waals surface area (Å²) >= 11 is 0. The molecule has 0 bridgehead atoms. The zero-order valence-electron chi connectivity index (χ0n) is 19.7. The molecule has 2 heterocycles. The standard InChI is InChI=1S/C28H28N4O3/c1-17-20-10-4-5-11-21(20)22-12-6-8-14-25(22)32(28(17)35)31-26(33)18(2)29-27(34)24-16-15-19-9-3-7-13-23(19)30-24/h3-14,17-18,24,30H,15-16H2,1-2H3,(H,29,34)(H,31,33)/t17?,18-,24?/m0/s1. The summed E-state index contributed by atoms with van der Waals surface area (Å²) in [5.41, 5.74) is 8.22. The number of hydrazine groups is 1. The van der Waals surface area contributed by atoms with E-state index >= 15 is 0 Å². The van der Waals surface area contributed by atoms with Crippen LogP contribution in [0.1, 0.15) is 37.3 Å². The molecule has 178 valence electrons. The van der Waals surface area contributed by atoms with Crippen LogP contribution in [-0.2, 0) is 20.8 Å². The average molecular weight is 469 g/mol. The van der Waals surface area contributed by atoms with Gasteiger partial charge in [0.25, 0.3) is 11.8 Å². The fourth-order valence-corrected chi connectivity index (χ4v) is 4.80. The number of hydrogen-bond donors (Lipinski definition) is 3. The monoisotopic (exact) mass is 468 g/mol. The molecule has 0 aromatic heterocycles. The Kier molecular flexibility index (Phi) is 5.99. The van der Waals surface area contributed by atoms with Crippen molar-refractivity contribution in [2.24, 2.45) is 0 Å². The molecule has 3 amide bonds. The number of hydrogen-bond acceptors (Lipinski definition) is 4. The minimum Gasteiger partial charge on any atom is -0.373 e. The van der Waals surface area contributed by atoms with Crippen LogP contribution in [0.4, 0.5) is 11.4 Å². The Bertz CT molecular complexity index is 1300. The Labute approximate surface area is 204 Å². The number of anilines is 2. The highest BCUT2D eigenvalue weighted by molar-refractivity contribution is 6.07. The van der Waals surface area contributed by atoms with Crippen molar-refractivity contribution in [2.45, 2.75) is 44.7 Å². The van der Waals surface area contributed by atoms with E-state index in [2.05, 4.69) is 16.1 Å². The van der Waals surface area contributed by atoms with Crippen molar-refractivity contribution in [1.29, 1.82) is 0 Å². The van der Waals surface area contributed by atoms with Crippen molar-refractivity contribution in [3.05, 3.63) is 83.9 Å². The molecule has 7 nitrogen and oxygen atoms in total. The number of fused-ring (bicyclic) bond motifs is 4. The Morgan fingerprint density at radius 1 is 0.971 bits per heavy atom. The first-order chi connectivity index (χ1) is 16.9. The van der Waals surface area contributed by atoms with Crippen LogP contribution < -0.4 is 21.1 Å². The van der Waals surface area contributed by atoms with Gasteiger partial charge in [0.15, 0.2) is 0 Å². The van der Waals surface area contributed by atoms with Gasteiger partial charge in [0.05, 0.1) is 11.6 Å². The zero-order chi connectivity index (χ0) is 24.5. The highest BCUT2D eigenvalue weighted by atomic mass is 16.2. The van der Waals surface area contributed by atoms with E-state index in [4.69, 9.17) is 0 Å². The van der Waals surface area contributed by atoms with Crippen LogP contribution in [0.2, 0.25) is 0 Å². The number of benzene rings is 3. The average Bonchev–Trinajstić information content (AvgIpc) is 2.98. The number of amides is 3. The van der Waals surface area contributed by atoms with Gasteiger partial charge in [-0.2, -0.15) is 0 Å². The van der Waals surface area contributed by atoms with Crippen LogP contribution >= 0.6 is 0 Å². The first-order valence-electron chi connectivity index (χ1n) is 11.9. The maximum atomic E-state index is 13.4. The van der Waals surface area contributed by atoms with Gasteiger partial charge in [0, 0.05) is 11.3 Å². The van der Waals surface area contributed by atoms with Gasteiger partial charge in [0.2, 0.25) is 5.91 Å². The highest BCUT2D eigenvalue weighted by Gasteiger charge is 2.33. The third kappa shape index (κ3) is 4.25. The normalized spacial score (nSPS) is 19.3. The second-order valence-corrected chi connectivity index (χ2v) is 9.10. The Morgan fingerprint density at radius 2 is 1.66 bits per heavy atom. The molecule has 0 aliphatic carbocycles. The molecule has 3 N–H and O–H groups in total. The first-order valence-corrected chi connectivity index (χ1v) is 11.9. The second kappa shape index (κ2) is 9.25. The SMILES string of the molecule is CC1C(=O)N(NC(=O)[C@H](C)NC(=O)C2CCc3ccccc3N2)c2ccccc2-c2ccccc21. The molecule has 0 fully saturated rings. The molecule has 2 unspecified atom stereocenters. The van der Waals surface area contributed by atoms with E-state index in [9.17, 15) is 14.4 Å². The van der Waals surface area contributed by atoms with Gasteiger partial charge in [-0.05, 0) is 55.5 Å². The van der Waals surface area contributed by atoms with Gasteiger partial charge in [0.1, 0.15) is 12.1 Å². The van der Waals surface area contributed by atoms with E-state index < -0.39 is 23.9 Å². The molecular formula is C28H28N4O3. The lowest BCUT2D eigenvalue weighted by molar-refractivity contribution is -0.130. The Hall–Kier alpha value is -4.13. The van der Waals surface area contributed by atoms with E-state index in [0.717, 1.165) is 28.8 Å². The molecule has 0 spiro atoms. The number of carbonyl (C=O) groups is 3. The van der Waals surface area contributed by atoms with E-state index in [1.807, 2.05) is 79.7 Å². The molecule has 3 atom stereocenters. The molecule has 35 heavy (non-hydrogen) atoms. The number of para-hydroxylation sites is 2. The molecular weight excluding hydrogens is 440 g/mol. The molecule has 7 heteroatoms. The minimum absolute atomic E-state index is 0.236. The van der Waals surface area contributed by atoms with Crippen molar-refractivity contribution in [1.82, 2.24) is 10.7 Å². The van der Waals surface area contributed by atoms with Gasteiger partial charge in [-0.3, -0.25) is 19.8 Å². The lowest BCUT2D eigenvalue weighted by atomic mass is 9.92. The van der Waals surface area contributed by atoms with Crippen LogP contribution in [0.3, 0.4) is 0 Å². The van der Waals surface area contributed by atoms with E-state index in [1.165, 1.54) is 10.6 Å². The molecule has 3 aromatic carbocycles. The van der Waals surface area contributed by atoms with Crippen LogP contribution in [-0.4, -0.2) is 29.8 Å². The van der Waals surface area contributed by atoms with Crippen LogP contribution in [0.15, 0.2) is 72.8 Å². The predicted octanol–water partition coefficient (Wildman–Crippen LogP) is 3.77. The lowest BCUT2D eigenvalue weighted by Crippen LogP contribution is -2.56. The summed E-state index contributed by atoms with van der Waals surface area (Å²) in [5.74, 6) is -1.39. The maximum absolute atomic E-state index is 13.4. The first kappa shape index (κ1) is 22.7. The van der Waals surface area contributed by atoms with Crippen molar-refractivity contribution >= 4 is 29.1 Å². The summed E-state index contributed by atoms with van der Waals surface area (Å²) in [6.07, 6.45) is 1.43. The fraction of sp³-hybridized carbons (Fsp3) is 0.250. The largest absolute Gasteiger partial charge is 0.373 e. The van der Waals surface area contributed by atoms with E-state index in [-0.39, 0.29) is 11.8 Å². The number of nitrogens with zero attached hydrogens (tertiary/aromatic N) is 1. The Balaban J connectivity index is 1.32. The van der Waals surface area contributed by atoms with Gasteiger partial charge >= 0.3 is 0 Å². The minimum atomic E-state index is -0.831. The van der Waals surface area contributed by atoms with E-state index in [0.29, 0.717) is 12.1 Å². The van der Waals surface area contributed by atoms with Crippen LogP contribution in [0.5, 0.6) is 0 Å². The molecule has 0 radical (unpaired) electrons. The summed E-state index contributed by atoms with van der Waals surface area (Å²) in [6, 6.07) is 21.9. The van der Waals surface area contributed by atoms with Gasteiger partial charge in [-0.25, -0.2) is 5.01 Å². The quantitative estimate of drug-likeness (QED) is 0.544. The van der Waals surface area contributed by atoms with Gasteiger partial charge in [-0.15, -0.1) is 0 Å². The van der Waals surface area contributed by atoms with Gasteiger partial charge < -0.3 is 10.6 Å². The molecule has 0 saturated heterocycles. The van der Waals surface area contributed by atoms with Crippen molar-refractivity contribution in [3.8, 4) is 11.1 Å². The third-order valence-corrected chi connectivity index (χ3v) is 6.79. The number of rotatable bonds is 4. The van der Waals surface area contributed by atoms with Crippen molar-refractivity contribution in [3.63, 3.8) is 0 Å². The number of aryl methyl sites for hydroxylation is 1. The van der Waals surface area contributed by atoms with Gasteiger partial charge in [-0.1, -0.05) is 60.7 Å².